The monoisotopic (exact) mass is 550 g/mol. The molecular weight excluding hydrogens is 535 g/mol. The molecule has 3 aromatic heterocycles. The van der Waals surface area contributed by atoms with Gasteiger partial charge in [0.05, 0.1) is 5.69 Å². The molecule has 169 valence electrons. The molecule has 0 N–H and O–H groups in total. The molecule has 0 aliphatic carbocycles. The molecule has 6 rings (SSSR count). The molecule has 1 radical (unpaired) electrons. The molecule has 36 heavy (non-hydrogen) atoms. The molecule has 7 nitrogen and oxygen atoms in total. The third kappa shape index (κ3) is 3.80. The van der Waals surface area contributed by atoms with Crippen LogP contribution in [0.25, 0.3) is 49.7 Å². The van der Waals surface area contributed by atoms with Crippen molar-refractivity contribution in [1.29, 1.82) is 10.5 Å². The van der Waals surface area contributed by atoms with E-state index in [0.29, 0.717) is 0 Å². The molecule has 0 fully saturated rings. The molecule has 0 aliphatic rings. The fourth-order valence-corrected chi connectivity index (χ4v) is 4.32. The Hall–Kier alpha value is -4.78. The van der Waals surface area contributed by atoms with Crippen molar-refractivity contribution in [2.75, 3.05) is 0 Å². The van der Waals surface area contributed by atoms with Crippen LogP contribution in [0.4, 0.5) is 0 Å². The third-order valence-corrected chi connectivity index (χ3v) is 5.90. The van der Waals surface area contributed by atoms with Gasteiger partial charge in [0.15, 0.2) is 0 Å². The Morgan fingerprint density at radius 1 is 0.694 bits per heavy atom. The molecule has 0 spiro atoms. The van der Waals surface area contributed by atoms with Crippen LogP contribution in [0.3, 0.4) is 0 Å². The van der Waals surface area contributed by atoms with E-state index in [4.69, 9.17) is 10.5 Å². The van der Waals surface area contributed by atoms with Gasteiger partial charge in [-0.1, -0.05) is 29.8 Å². The van der Waals surface area contributed by atoms with Crippen molar-refractivity contribution in [3.63, 3.8) is 0 Å². The summed E-state index contributed by atoms with van der Waals surface area (Å²) in [6.07, 6.45) is 6.59. The second-order valence-corrected chi connectivity index (χ2v) is 7.84. The Morgan fingerprint density at radius 2 is 1.33 bits per heavy atom. The minimum Gasteiger partial charge on any atom is -0.333 e. The van der Waals surface area contributed by atoms with Crippen LogP contribution in [-0.4, -0.2) is 24.5 Å². The summed E-state index contributed by atoms with van der Waals surface area (Å²) in [5.74, 6) is 0.229. The number of para-hydroxylation sites is 1. The van der Waals surface area contributed by atoms with Crippen LogP contribution in [0.2, 0.25) is 0 Å². The van der Waals surface area contributed by atoms with E-state index in [0.717, 1.165) is 49.7 Å². The zero-order chi connectivity index (χ0) is 23.8. The maximum absolute atomic E-state index is 9.16. The fourth-order valence-electron chi connectivity index (χ4n) is 4.32. The number of hydrogen-bond donors (Lipinski definition) is 0. The van der Waals surface area contributed by atoms with E-state index in [9.17, 15) is 0 Å². The summed E-state index contributed by atoms with van der Waals surface area (Å²) in [5, 5.41) is 20.4. The zero-order valence-electron chi connectivity index (χ0n) is 18.6. The molecule has 0 unspecified atom stereocenters. The van der Waals surface area contributed by atoms with E-state index in [2.05, 4.69) is 48.8 Å². The summed E-state index contributed by atoms with van der Waals surface area (Å²) in [6, 6.07) is 27.4. The van der Waals surface area contributed by atoms with E-state index in [1.165, 1.54) is 0 Å². The van der Waals surface area contributed by atoms with Crippen molar-refractivity contribution in [3.8, 4) is 40.1 Å². The zero-order valence-corrected chi connectivity index (χ0v) is 20.3. The molecule has 3 aromatic carbocycles. The average molecular weight is 550 g/mol. The summed E-state index contributed by atoms with van der Waals surface area (Å²) in [6.45, 7) is 0. The molecule has 0 saturated heterocycles. The van der Waals surface area contributed by atoms with Crippen LogP contribution in [0, 0.1) is 28.7 Å². The van der Waals surface area contributed by atoms with Gasteiger partial charge in [0.25, 0.3) is 0 Å². The van der Waals surface area contributed by atoms with Gasteiger partial charge >= 0.3 is 19.5 Å². The third-order valence-electron chi connectivity index (χ3n) is 5.90. The van der Waals surface area contributed by atoms with Crippen LogP contribution < -0.4 is 0 Å². The van der Waals surface area contributed by atoms with Gasteiger partial charge in [-0.05, 0) is 29.1 Å². The average Bonchev–Trinajstić information content (AvgIpc) is 3.27. The Balaban J connectivity index is 0.00000267. The topological polar surface area (TPSA) is 104 Å². The predicted molar refractivity (Wildman–Crippen MR) is 131 cm³/mol. The van der Waals surface area contributed by atoms with Gasteiger partial charge in [-0.3, -0.25) is 0 Å². The first-order chi connectivity index (χ1) is 17.3. The van der Waals surface area contributed by atoms with Crippen molar-refractivity contribution < 1.29 is 19.5 Å². The minimum absolute atomic E-state index is 0. The van der Waals surface area contributed by atoms with Crippen molar-refractivity contribution in [1.82, 2.24) is 24.5 Å². The van der Waals surface area contributed by atoms with Crippen LogP contribution >= 0.6 is 0 Å². The Bertz CT molecular complexity index is 1760. The number of fused-ring (bicyclic) bond motifs is 3. The minimum atomic E-state index is 0. The summed E-state index contributed by atoms with van der Waals surface area (Å²) >= 11 is 0. The standard InChI is InChI=1S/C28H14N7.Ru/c29-12-27-31-14-19(15-32-27)18-9-10-26(23(11-18)20-16-33-28(13-30)34-17-20)35-24-7-3-1-5-21(24)22-6-2-4-8-25(22)35;/h1,3-11,14-17H;/q-1;+1. The predicted octanol–water partition coefficient (Wildman–Crippen LogP) is 5.24. The first-order valence-corrected chi connectivity index (χ1v) is 10.8. The van der Waals surface area contributed by atoms with Crippen molar-refractivity contribution >= 4 is 21.8 Å². The molecule has 0 atom stereocenters. The summed E-state index contributed by atoms with van der Waals surface area (Å²) in [5.41, 5.74) is 6.36. The van der Waals surface area contributed by atoms with Crippen LogP contribution in [0.5, 0.6) is 0 Å². The Kier molecular flexibility index (Phi) is 6.04. The fraction of sp³-hybridized carbons (Fsp3) is 0. The molecule has 6 aromatic rings. The molecule has 0 aliphatic heterocycles. The normalized spacial score (nSPS) is 10.5. The van der Waals surface area contributed by atoms with E-state index in [-0.39, 0.29) is 31.1 Å². The first-order valence-electron chi connectivity index (χ1n) is 10.8. The molecule has 3 heterocycles. The molecular formula is C28H14N7Ru. The number of aromatic nitrogens is 5. The second-order valence-electron chi connectivity index (χ2n) is 7.84. The van der Waals surface area contributed by atoms with E-state index < -0.39 is 0 Å². The van der Waals surface area contributed by atoms with Gasteiger partial charge in [0.1, 0.15) is 12.1 Å². The largest absolute Gasteiger partial charge is 1.00 e. The molecule has 8 heteroatoms. The van der Waals surface area contributed by atoms with Gasteiger partial charge < -0.3 is 4.57 Å². The number of hydrogen-bond acceptors (Lipinski definition) is 6. The summed E-state index contributed by atoms with van der Waals surface area (Å²) in [7, 11) is 0. The summed E-state index contributed by atoms with van der Waals surface area (Å²) in [4.78, 5) is 16.6. The van der Waals surface area contributed by atoms with Crippen molar-refractivity contribution in [2.24, 2.45) is 0 Å². The number of rotatable bonds is 3. The smallest absolute Gasteiger partial charge is 0.333 e. The van der Waals surface area contributed by atoms with Crippen LogP contribution in [0.15, 0.2) is 85.5 Å². The van der Waals surface area contributed by atoms with Gasteiger partial charge in [-0.25, -0.2) is 19.9 Å². The van der Waals surface area contributed by atoms with Gasteiger partial charge in [-0.2, -0.15) is 28.7 Å². The SMILES string of the molecule is N#Cc1ncc(-c2ccc(-n3c4cc[c-]cc4c4ccccc43)c(-c3cnc(C#N)nc3)c2)cn1.[Ru+]. The number of benzene rings is 3. The molecule has 0 bridgehead atoms. The van der Waals surface area contributed by atoms with Crippen LogP contribution in [-0.2, 0) is 19.5 Å². The second kappa shape index (κ2) is 9.46. The van der Waals surface area contributed by atoms with E-state index in [1.807, 2.05) is 54.6 Å². The number of nitriles is 2. The van der Waals surface area contributed by atoms with Gasteiger partial charge in [-0.15, -0.1) is 11.5 Å². The quantitative estimate of drug-likeness (QED) is 0.221. The maximum Gasteiger partial charge on any atom is 1.00 e. The van der Waals surface area contributed by atoms with Gasteiger partial charge in [0.2, 0.25) is 11.6 Å². The Labute approximate surface area is 219 Å². The summed E-state index contributed by atoms with van der Waals surface area (Å²) < 4.78 is 2.21. The first kappa shape index (κ1) is 23.0. The van der Waals surface area contributed by atoms with E-state index >= 15 is 0 Å². The van der Waals surface area contributed by atoms with Crippen molar-refractivity contribution in [2.45, 2.75) is 0 Å². The number of nitrogens with zero attached hydrogens (tertiary/aromatic N) is 7. The van der Waals surface area contributed by atoms with E-state index in [1.54, 1.807) is 24.8 Å². The van der Waals surface area contributed by atoms with Crippen molar-refractivity contribution in [3.05, 3.63) is 103 Å². The maximum atomic E-state index is 9.16. The Morgan fingerprint density at radius 3 is 2.03 bits per heavy atom. The molecule has 0 amide bonds. The van der Waals surface area contributed by atoms with Gasteiger partial charge in [0, 0.05) is 47.0 Å². The van der Waals surface area contributed by atoms with Crippen LogP contribution in [0.1, 0.15) is 11.6 Å². The molecule has 0 saturated carbocycles.